The zero-order valence-corrected chi connectivity index (χ0v) is 16.2. The Balaban J connectivity index is 1.43. The fourth-order valence-electron chi connectivity index (χ4n) is 4.23. The number of ether oxygens (including phenoxy) is 1. The van der Waals surface area contributed by atoms with Gasteiger partial charge in [-0.05, 0) is 48.6 Å². The van der Waals surface area contributed by atoms with E-state index < -0.39 is 0 Å². The van der Waals surface area contributed by atoms with Gasteiger partial charge in [-0.3, -0.25) is 4.79 Å². The summed E-state index contributed by atoms with van der Waals surface area (Å²) < 4.78 is 5.19. The second kappa shape index (κ2) is 7.77. The van der Waals surface area contributed by atoms with Crippen molar-refractivity contribution < 1.29 is 9.53 Å². The average Bonchev–Trinajstić information content (AvgIpc) is 3.12. The molecule has 1 aromatic heterocycles. The summed E-state index contributed by atoms with van der Waals surface area (Å²) in [6.07, 6.45) is 4.32. The molecule has 5 nitrogen and oxygen atoms in total. The van der Waals surface area contributed by atoms with Gasteiger partial charge < -0.3 is 14.5 Å². The highest BCUT2D eigenvalue weighted by Crippen LogP contribution is 2.33. The highest BCUT2D eigenvalue weighted by Gasteiger charge is 2.40. The molecule has 3 heterocycles. The van der Waals surface area contributed by atoms with Crippen molar-refractivity contribution >= 4 is 23.3 Å². The minimum atomic E-state index is 0.207. The number of hydrogen-bond acceptors (Lipinski definition) is 4. The molecule has 2 aliphatic heterocycles. The highest BCUT2D eigenvalue weighted by molar-refractivity contribution is 6.30. The summed E-state index contributed by atoms with van der Waals surface area (Å²) in [4.78, 5) is 21.8. The topological polar surface area (TPSA) is 45.7 Å². The van der Waals surface area contributed by atoms with Crippen LogP contribution < -0.4 is 9.64 Å². The van der Waals surface area contributed by atoms with E-state index >= 15 is 0 Å². The first-order valence-electron chi connectivity index (χ1n) is 9.43. The van der Waals surface area contributed by atoms with Gasteiger partial charge in [0, 0.05) is 25.8 Å². The molecule has 4 rings (SSSR count). The zero-order chi connectivity index (χ0) is 18.8. The number of anilines is 1. The summed E-state index contributed by atoms with van der Waals surface area (Å²) in [5.74, 6) is 2.55. The van der Waals surface area contributed by atoms with Gasteiger partial charge in [-0.25, -0.2) is 4.98 Å². The van der Waals surface area contributed by atoms with E-state index in [9.17, 15) is 4.79 Å². The van der Waals surface area contributed by atoms with E-state index in [-0.39, 0.29) is 11.9 Å². The van der Waals surface area contributed by atoms with Crippen LogP contribution in [0.5, 0.6) is 5.75 Å². The van der Waals surface area contributed by atoms with Gasteiger partial charge in [0.2, 0.25) is 5.91 Å². The number of methoxy groups -OCH3 is 1. The van der Waals surface area contributed by atoms with Crippen LogP contribution in [0.15, 0.2) is 42.6 Å². The highest BCUT2D eigenvalue weighted by atomic mass is 35.5. The molecule has 142 valence electrons. The minimum absolute atomic E-state index is 0.207. The van der Waals surface area contributed by atoms with Gasteiger partial charge in [0.1, 0.15) is 11.6 Å². The third kappa shape index (κ3) is 3.88. The Morgan fingerprint density at radius 3 is 2.67 bits per heavy atom. The van der Waals surface area contributed by atoms with Crippen molar-refractivity contribution in [2.24, 2.45) is 5.92 Å². The van der Waals surface area contributed by atoms with Gasteiger partial charge in [0.25, 0.3) is 0 Å². The molecule has 2 atom stereocenters. The number of nitrogens with zero attached hydrogens (tertiary/aromatic N) is 3. The smallest absolute Gasteiger partial charge is 0.227 e. The standard InChI is InChI=1S/C21H24ClN3O2/c1-27-18-5-2-15(3-6-18)12-21(26)25-11-9-16-8-10-24(14-19(16)25)20-7-4-17(22)13-23-20/h2-7,13,16,19H,8-12,14H2,1H3. The number of halogens is 1. The maximum atomic E-state index is 13.0. The Morgan fingerprint density at radius 1 is 1.19 bits per heavy atom. The molecule has 0 aliphatic carbocycles. The van der Waals surface area contributed by atoms with Crippen LogP contribution in [-0.2, 0) is 11.2 Å². The molecule has 0 bridgehead atoms. The van der Waals surface area contributed by atoms with E-state index in [4.69, 9.17) is 16.3 Å². The third-order valence-electron chi connectivity index (χ3n) is 5.73. The molecule has 2 fully saturated rings. The molecule has 0 spiro atoms. The van der Waals surface area contributed by atoms with Crippen molar-refractivity contribution in [1.29, 1.82) is 0 Å². The molecular weight excluding hydrogens is 362 g/mol. The number of pyridine rings is 1. The van der Waals surface area contributed by atoms with Crippen LogP contribution in [0.1, 0.15) is 18.4 Å². The first-order chi connectivity index (χ1) is 13.1. The number of amides is 1. The van der Waals surface area contributed by atoms with Gasteiger partial charge in [0.15, 0.2) is 0 Å². The minimum Gasteiger partial charge on any atom is -0.497 e. The molecule has 2 unspecified atom stereocenters. The van der Waals surface area contributed by atoms with Crippen LogP contribution in [0.2, 0.25) is 5.02 Å². The van der Waals surface area contributed by atoms with Crippen molar-refractivity contribution in [3.05, 3.63) is 53.2 Å². The molecule has 1 amide bonds. The van der Waals surface area contributed by atoms with Gasteiger partial charge in [-0.1, -0.05) is 23.7 Å². The number of aromatic nitrogens is 1. The Morgan fingerprint density at radius 2 is 1.96 bits per heavy atom. The van der Waals surface area contributed by atoms with Crippen molar-refractivity contribution in [1.82, 2.24) is 9.88 Å². The number of benzene rings is 1. The second-order valence-electron chi connectivity index (χ2n) is 7.30. The molecule has 0 radical (unpaired) electrons. The fraction of sp³-hybridized carbons (Fsp3) is 0.429. The Hall–Kier alpha value is -2.27. The number of carbonyl (C=O) groups excluding carboxylic acids is 1. The van der Waals surface area contributed by atoms with Crippen molar-refractivity contribution in [2.75, 3.05) is 31.6 Å². The summed E-state index contributed by atoms with van der Waals surface area (Å²) >= 11 is 5.96. The second-order valence-corrected chi connectivity index (χ2v) is 7.73. The molecule has 0 saturated carbocycles. The predicted molar refractivity (Wildman–Crippen MR) is 106 cm³/mol. The number of fused-ring (bicyclic) bond motifs is 1. The SMILES string of the molecule is COc1ccc(CC(=O)N2CCC3CCN(c4ccc(Cl)cn4)CC32)cc1. The summed E-state index contributed by atoms with van der Waals surface area (Å²) in [5.41, 5.74) is 1.02. The lowest BCUT2D eigenvalue weighted by molar-refractivity contribution is -0.131. The maximum absolute atomic E-state index is 13.0. The lowest BCUT2D eigenvalue weighted by atomic mass is 9.92. The van der Waals surface area contributed by atoms with Gasteiger partial charge in [0.05, 0.1) is 24.6 Å². The molecule has 2 aliphatic rings. The van der Waals surface area contributed by atoms with E-state index in [0.29, 0.717) is 17.4 Å². The number of carbonyl (C=O) groups is 1. The van der Waals surface area contributed by atoms with Crippen LogP contribution >= 0.6 is 11.6 Å². The van der Waals surface area contributed by atoms with Crippen LogP contribution in [0.4, 0.5) is 5.82 Å². The average molecular weight is 386 g/mol. The van der Waals surface area contributed by atoms with Crippen molar-refractivity contribution in [3.63, 3.8) is 0 Å². The number of hydrogen-bond donors (Lipinski definition) is 0. The first kappa shape index (κ1) is 18.1. The molecule has 1 aromatic carbocycles. The van der Waals surface area contributed by atoms with E-state index in [0.717, 1.165) is 49.6 Å². The van der Waals surface area contributed by atoms with E-state index in [1.807, 2.05) is 36.4 Å². The Kier molecular flexibility index (Phi) is 5.21. The molecule has 27 heavy (non-hydrogen) atoms. The maximum Gasteiger partial charge on any atom is 0.227 e. The molecule has 0 N–H and O–H groups in total. The van der Waals surface area contributed by atoms with Gasteiger partial charge >= 0.3 is 0 Å². The summed E-state index contributed by atoms with van der Waals surface area (Å²) in [6, 6.07) is 11.8. The van der Waals surface area contributed by atoms with Crippen molar-refractivity contribution in [3.8, 4) is 5.75 Å². The summed E-state index contributed by atoms with van der Waals surface area (Å²) in [5, 5.41) is 0.644. The molecule has 2 saturated heterocycles. The van der Waals surface area contributed by atoms with Gasteiger partial charge in [-0.2, -0.15) is 0 Å². The third-order valence-corrected chi connectivity index (χ3v) is 5.96. The summed E-state index contributed by atoms with van der Waals surface area (Å²) in [6.45, 7) is 2.68. The summed E-state index contributed by atoms with van der Waals surface area (Å²) in [7, 11) is 1.65. The monoisotopic (exact) mass is 385 g/mol. The lowest BCUT2D eigenvalue weighted by Crippen LogP contribution is -2.50. The first-order valence-corrected chi connectivity index (χ1v) is 9.81. The normalized spacial score (nSPS) is 21.9. The Bertz CT molecular complexity index is 794. The van der Waals surface area contributed by atoms with Crippen LogP contribution in [-0.4, -0.2) is 48.6 Å². The molecule has 2 aromatic rings. The zero-order valence-electron chi connectivity index (χ0n) is 15.5. The fourth-order valence-corrected chi connectivity index (χ4v) is 4.34. The van der Waals surface area contributed by atoms with Crippen molar-refractivity contribution in [2.45, 2.75) is 25.3 Å². The molecule has 6 heteroatoms. The molecular formula is C21H24ClN3O2. The van der Waals surface area contributed by atoms with E-state index in [1.54, 1.807) is 13.3 Å². The van der Waals surface area contributed by atoms with E-state index in [2.05, 4.69) is 14.8 Å². The quantitative estimate of drug-likeness (QED) is 0.809. The van der Waals surface area contributed by atoms with E-state index in [1.165, 1.54) is 0 Å². The van der Waals surface area contributed by atoms with Crippen LogP contribution in [0.25, 0.3) is 0 Å². The number of likely N-dealkylation sites (tertiary alicyclic amines) is 1. The largest absolute Gasteiger partial charge is 0.497 e. The van der Waals surface area contributed by atoms with Crippen LogP contribution in [0.3, 0.4) is 0 Å². The lowest BCUT2D eigenvalue weighted by Gasteiger charge is -2.39. The Labute approximate surface area is 164 Å². The number of rotatable bonds is 4. The van der Waals surface area contributed by atoms with Crippen LogP contribution in [0, 0.1) is 5.92 Å². The van der Waals surface area contributed by atoms with Gasteiger partial charge in [-0.15, -0.1) is 0 Å². The number of piperidine rings is 1. The predicted octanol–water partition coefficient (Wildman–Crippen LogP) is 3.41.